The predicted molar refractivity (Wildman–Crippen MR) is 113 cm³/mol. The summed E-state index contributed by atoms with van der Waals surface area (Å²) >= 11 is 0. The molecule has 2 heterocycles. The predicted octanol–water partition coefficient (Wildman–Crippen LogP) is 2.74. The van der Waals surface area contributed by atoms with E-state index in [0.29, 0.717) is 38.9 Å². The molecule has 0 aliphatic carbocycles. The van der Waals surface area contributed by atoms with E-state index in [-0.39, 0.29) is 23.3 Å². The summed E-state index contributed by atoms with van der Waals surface area (Å²) in [6.45, 7) is 1.36. The van der Waals surface area contributed by atoms with Crippen LogP contribution in [0.4, 0.5) is 4.39 Å². The fourth-order valence-corrected chi connectivity index (χ4v) is 4.45. The van der Waals surface area contributed by atoms with Gasteiger partial charge in [0.2, 0.25) is 11.8 Å². The Kier molecular flexibility index (Phi) is 6.30. The first-order valence-corrected chi connectivity index (χ1v) is 10.7. The van der Waals surface area contributed by atoms with E-state index < -0.39 is 17.9 Å². The van der Waals surface area contributed by atoms with E-state index in [1.54, 1.807) is 11.0 Å². The van der Waals surface area contributed by atoms with Crippen molar-refractivity contribution in [1.82, 2.24) is 15.1 Å². The minimum absolute atomic E-state index is 0.171. The van der Waals surface area contributed by atoms with Crippen molar-refractivity contribution in [3.8, 4) is 0 Å². The molecule has 2 aliphatic heterocycles. The van der Waals surface area contributed by atoms with Gasteiger partial charge in [-0.2, -0.15) is 0 Å². The summed E-state index contributed by atoms with van der Waals surface area (Å²) in [4.78, 5) is 42.2. The van der Waals surface area contributed by atoms with Crippen LogP contribution in [0.3, 0.4) is 0 Å². The maximum atomic E-state index is 13.6. The second-order valence-corrected chi connectivity index (χ2v) is 8.06. The van der Waals surface area contributed by atoms with Crippen molar-refractivity contribution in [2.24, 2.45) is 0 Å². The highest BCUT2D eigenvalue weighted by Gasteiger charge is 2.42. The summed E-state index contributed by atoms with van der Waals surface area (Å²) in [5.41, 5.74) is 1.23. The molecule has 2 aliphatic rings. The third-order valence-electron chi connectivity index (χ3n) is 6.02. The van der Waals surface area contributed by atoms with Crippen molar-refractivity contribution >= 4 is 17.7 Å². The average Bonchev–Trinajstić information content (AvgIpc) is 3.47. The number of hydrogen-bond donors (Lipinski definition) is 1. The molecule has 0 aromatic heterocycles. The number of amides is 3. The van der Waals surface area contributed by atoms with E-state index in [9.17, 15) is 18.8 Å². The van der Waals surface area contributed by atoms with Crippen LogP contribution in [0.5, 0.6) is 0 Å². The lowest BCUT2D eigenvalue weighted by atomic mass is 10.1. The van der Waals surface area contributed by atoms with Crippen molar-refractivity contribution in [3.63, 3.8) is 0 Å². The lowest BCUT2D eigenvalue weighted by Crippen LogP contribution is -2.52. The van der Waals surface area contributed by atoms with E-state index in [2.05, 4.69) is 5.32 Å². The van der Waals surface area contributed by atoms with Gasteiger partial charge in [0, 0.05) is 25.2 Å². The first-order chi connectivity index (χ1) is 15.0. The molecule has 2 atom stereocenters. The van der Waals surface area contributed by atoms with E-state index in [1.807, 2.05) is 30.3 Å². The third kappa shape index (κ3) is 4.60. The maximum absolute atomic E-state index is 13.6. The highest BCUT2D eigenvalue weighted by molar-refractivity contribution is 5.99. The van der Waals surface area contributed by atoms with Gasteiger partial charge in [0.1, 0.15) is 17.9 Å². The Morgan fingerprint density at radius 1 is 0.903 bits per heavy atom. The van der Waals surface area contributed by atoms with E-state index in [0.717, 1.165) is 12.0 Å². The van der Waals surface area contributed by atoms with Gasteiger partial charge in [0.25, 0.3) is 5.91 Å². The molecule has 2 aromatic carbocycles. The van der Waals surface area contributed by atoms with Crippen LogP contribution < -0.4 is 5.32 Å². The number of likely N-dealkylation sites (tertiary alicyclic amines) is 2. The summed E-state index contributed by atoms with van der Waals surface area (Å²) in [5, 5.41) is 2.93. The number of carbonyl (C=O) groups is 3. The molecule has 7 heteroatoms. The molecule has 0 spiro atoms. The van der Waals surface area contributed by atoms with Gasteiger partial charge in [0.15, 0.2) is 0 Å². The van der Waals surface area contributed by atoms with Gasteiger partial charge < -0.3 is 15.1 Å². The zero-order valence-corrected chi connectivity index (χ0v) is 17.3. The van der Waals surface area contributed by atoms with Crippen LogP contribution in [0.2, 0.25) is 0 Å². The number of benzene rings is 2. The number of halogens is 1. The molecule has 0 unspecified atom stereocenters. The second-order valence-electron chi connectivity index (χ2n) is 8.06. The molecular formula is C24H26FN3O3. The highest BCUT2D eigenvalue weighted by atomic mass is 19.1. The first-order valence-electron chi connectivity index (χ1n) is 10.7. The molecule has 0 radical (unpaired) electrons. The maximum Gasteiger partial charge on any atom is 0.254 e. The number of hydrogen-bond acceptors (Lipinski definition) is 3. The highest BCUT2D eigenvalue weighted by Crippen LogP contribution is 2.26. The van der Waals surface area contributed by atoms with Crippen molar-refractivity contribution in [2.75, 3.05) is 13.1 Å². The summed E-state index contributed by atoms with van der Waals surface area (Å²) in [5.74, 6) is -1.20. The van der Waals surface area contributed by atoms with Crippen LogP contribution in [-0.4, -0.2) is 52.7 Å². The van der Waals surface area contributed by atoms with Crippen molar-refractivity contribution in [2.45, 2.75) is 44.3 Å². The van der Waals surface area contributed by atoms with Crippen LogP contribution >= 0.6 is 0 Å². The van der Waals surface area contributed by atoms with Crippen molar-refractivity contribution in [1.29, 1.82) is 0 Å². The Labute approximate surface area is 181 Å². The molecule has 2 fully saturated rings. The Hall–Kier alpha value is -3.22. The Morgan fingerprint density at radius 2 is 1.61 bits per heavy atom. The number of nitrogens with one attached hydrogen (secondary N) is 1. The first kappa shape index (κ1) is 21.0. The molecule has 4 rings (SSSR count). The van der Waals surface area contributed by atoms with Crippen LogP contribution in [0.1, 0.15) is 41.6 Å². The molecule has 2 saturated heterocycles. The van der Waals surface area contributed by atoms with E-state index >= 15 is 0 Å². The molecule has 0 bridgehead atoms. The van der Waals surface area contributed by atoms with Crippen LogP contribution in [0.25, 0.3) is 0 Å². The minimum Gasteiger partial charge on any atom is -0.350 e. The molecule has 3 amide bonds. The Morgan fingerprint density at radius 3 is 2.35 bits per heavy atom. The van der Waals surface area contributed by atoms with Gasteiger partial charge in [-0.25, -0.2) is 4.39 Å². The molecule has 31 heavy (non-hydrogen) atoms. The summed E-state index contributed by atoms with van der Waals surface area (Å²) < 4.78 is 13.6. The largest absolute Gasteiger partial charge is 0.350 e. The average molecular weight is 423 g/mol. The number of carbonyl (C=O) groups excluding carboxylic acids is 3. The van der Waals surface area contributed by atoms with Gasteiger partial charge in [0.05, 0.1) is 0 Å². The van der Waals surface area contributed by atoms with Gasteiger partial charge in [-0.3, -0.25) is 14.4 Å². The number of nitrogens with zero attached hydrogens (tertiary/aromatic N) is 2. The van der Waals surface area contributed by atoms with Gasteiger partial charge in [-0.15, -0.1) is 0 Å². The van der Waals surface area contributed by atoms with E-state index in [4.69, 9.17) is 0 Å². The lowest BCUT2D eigenvalue weighted by Gasteiger charge is -2.31. The van der Waals surface area contributed by atoms with Crippen molar-refractivity contribution < 1.29 is 18.8 Å². The summed E-state index contributed by atoms with van der Waals surface area (Å²) in [6.07, 6.45) is 2.61. The monoisotopic (exact) mass is 423 g/mol. The molecule has 1 N–H and O–H groups in total. The standard InChI is InChI=1S/C24H26FN3O3/c25-19-10-4-9-18(15-19)23(30)28-14-6-12-21(28)24(31)27-13-5-11-20(27)22(29)26-16-17-7-2-1-3-8-17/h1-4,7-10,15,20-21H,5-6,11-14,16H2,(H,26,29)/t20-,21+/m0/s1. The Balaban J connectivity index is 1.43. The topological polar surface area (TPSA) is 69.7 Å². The SMILES string of the molecule is O=C(NCc1ccccc1)[C@@H]1CCCN1C(=O)[C@H]1CCCN1C(=O)c1cccc(F)c1. The van der Waals surface area contributed by atoms with E-state index in [1.165, 1.54) is 23.1 Å². The fraction of sp³-hybridized carbons (Fsp3) is 0.375. The van der Waals surface area contributed by atoms with Gasteiger partial charge >= 0.3 is 0 Å². The number of rotatable bonds is 5. The van der Waals surface area contributed by atoms with Gasteiger partial charge in [-0.05, 0) is 49.4 Å². The zero-order chi connectivity index (χ0) is 21.8. The fourth-order valence-electron chi connectivity index (χ4n) is 4.45. The quantitative estimate of drug-likeness (QED) is 0.804. The van der Waals surface area contributed by atoms with Crippen LogP contribution in [-0.2, 0) is 16.1 Å². The smallest absolute Gasteiger partial charge is 0.254 e. The third-order valence-corrected chi connectivity index (χ3v) is 6.02. The van der Waals surface area contributed by atoms with Crippen molar-refractivity contribution in [3.05, 3.63) is 71.5 Å². The summed E-state index contributed by atoms with van der Waals surface area (Å²) in [6, 6.07) is 14.0. The summed E-state index contributed by atoms with van der Waals surface area (Å²) in [7, 11) is 0. The molecule has 0 saturated carbocycles. The molecule has 2 aromatic rings. The van der Waals surface area contributed by atoms with Crippen LogP contribution in [0, 0.1) is 5.82 Å². The second kappa shape index (κ2) is 9.29. The minimum atomic E-state index is -0.613. The normalized spacial score (nSPS) is 20.7. The lowest BCUT2D eigenvalue weighted by molar-refractivity contribution is -0.141. The van der Waals surface area contributed by atoms with Crippen LogP contribution in [0.15, 0.2) is 54.6 Å². The van der Waals surface area contributed by atoms with Gasteiger partial charge in [-0.1, -0.05) is 36.4 Å². The molecular weight excluding hydrogens is 397 g/mol. The zero-order valence-electron chi connectivity index (χ0n) is 17.3. The Bertz CT molecular complexity index is 966. The molecule has 162 valence electrons. The molecule has 6 nitrogen and oxygen atoms in total.